The molecule has 4 rings (SSSR count). The molecule has 0 unspecified atom stereocenters. The van der Waals surface area contributed by atoms with Crippen LogP contribution in [0.5, 0.6) is 0 Å². The van der Waals surface area contributed by atoms with Crippen LogP contribution in [0.2, 0.25) is 0 Å². The molecular formula is C23H45N3. The molecule has 26 heavy (non-hydrogen) atoms. The van der Waals surface area contributed by atoms with Gasteiger partial charge in [-0.1, -0.05) is 19.8 Å². The number of hydrogen-bond acceptors (Lipinski definition) is 3. The van der Waals surface area contributed by atoms with Crippen molar-refractivity contribution in [3.8, 4) is 0 Å². The first kappa shape index (κ1) is 20.6. The van der Waals surface area contributed by atoms with Crippen LogP contribution in [-0.2, 0) is 0 Å². The van der Waals surface area contributed by atoms with Gasteiger partial charge in [0.05, 0.1) is 0 Å². The van der Waals surface area contributed by atoms with E-state index in [0.29, 0.717) is 5.41 Å². The monoisotopic (exact) mass is 363 g/mol. The molecular weight excluding hydrogens is 318 g/mol. The summed E-state index contributed by atoms with van der Waals surface area (Å²) in [5.41, 5.74) is 1.49. The fourth-order valence-corrected chi connectivity index (χ4v) is 5.61. The van der Waals surface area contributed by atoms with Gasteiger partial charge in [0, 0.05) is 43.7 Å². The predicted octanol–water partition coefficient (Wildman–Crippen LogP) is 4.47. The van der Waals surface area contributed by atoms with E-state index in [9.17, 15) is 0 Å². The molecule has 3 heterocycles. The molecule has 0 aromatic heterocycles. The van der Waals surface area contributed by atoms with Gasteiger partial charge in [0.2, 0.25) is 0 Å². The molecule has 0 amide bonds. The molecule has 3 heteroatoms. The Bertz CT molecular complexity index is 435. The zero-order valence-electron chi connectivity index (χ0n) is 18.4. The van der Waals surface area contributed by atoms with Crippen LogP contribution in [0.1, 0.15) is 79.6 Å². The van der Waals surface area contributed by atoms with Crippen molar-refractivity contribution in [1.29, 1.82) is 0 Å². The van der Waals surface area contributed by atoms with E-state index in [2.05, 4.69) is 49.3 Å². The lowest BCUT2D eigenvalue weighted by atomic mass is 9.68. The van der Waals surface area contributed by atoms with Gasteiger partial charge < -0.3 is 14.7 Å². The molecule has 0 radical (unpaired) electrons. The molecule has 0 atom stereocenters. The molecule has 3 saturated heterocycles. The third kappa shape index (κ3) is 4.64. The number of likely N-dealkylation sites (tertiary alicyclic amines) is 3. The van der Waals surface area contributed by atoms with Crippen LogP contribution in [0.15, 0.2) is 0 Å². The van der Waals surface area contributed by atoms with E-state index in [0.717, 1.165) is 17.5 Å². The van der Waals surface area contributed by atoms with Crippen molar-refractivity contribution in [2.45, 2.75) is 91.6 Å². The minimum absolute atomic E-state index is 0.692. The van der Waals surface area contributed by atoms with E-state index >= 15 is 0 Å². The minimum Gasteiger partial charge on any atom is -0.302 e. The van der Waals surface area contributed by atoms with Gasteiger partial charge in [0.15, 0.2) is 0 Å². The Labute approximate surface area is 163 Å². The van der Waals surface area contributed by atoms with Gasteiger partial charge in [-0.2, -0.15) is 0 Å². The van der Waals surface area contributed by atoms with Gasteiger partial charge in [-0.3, -0.25) is 0 Å². The molecule has 4 aliphatic rings. The molecule has 0 bridgehead atoms. The van der Waals surface area contributed by atoms with Crippen LogP contribution >= 0.6 is 0 Å². The fourth-order valence-electron chi connectivity index (χ4n) is 5.61. The van der Waals surface area contributed by atoms with Crippen molar-refractivity contribution in [1.82, 2.24) is 14.7 Å². The summed E-state index contributed by atoms with van der Waals surface area (Å²) in [5, 5.41) is 0. The quantitative estimate of drug-likeness (QED) is 0.713. The average Bonchev–Trinajstić information content (AvgIpc) is 3.17. The molecule has 152 valence electrons. The molecule has 1 saturated carbocycles. The fraction of sp³-hybridized carbons (Fsp3) is 1.00. The average molecular weight is 364 g/mol. The first-order chi connectivity index (χ1) is 12.4. The summed E-state index contributed by atoms with van der Waals surface area (Å²) in [6.45, 7) is 21.1. The SMILES string of the molecule is CC(C)N1CCC2(CCC2)C1.CCCCN1CC2(CCN(C(C)C)C2)C1. The van der Waals surface area contributed by atoms with Gasteiger partial charge >= 0.3 is 0 Å². The Kier molecular flexibility index (Phi) is 6.73. The van der Waals surface area contributed by atoms with E-state index in [1.165, 1.54) is 90.8 Å². The van der Waals surface area contributed by atoms with E-state index in [1.54, 1.807) is 0 Å². The Morgan fingerprint density at radius 1 is 0.731 bits per heavy atom. The molecule has 0 aromatic rings. The smallest absolute Gasteiger partial charge is 0.00970 e. The highest BCUT2D eigenvalue weighted by molar-refractivity contribution is 5.01. The summed E-state index contributed by atoms with van der Waals surface area (Å²) < 4.78 is 0. The third-order valence-electron chi connectivity index (χ3n) is 7.76. The van der Waals surface area contributed by atoms with Gasteiger partial charge in [0.25, 0.3) is 0 Å². The summed E-state index contributed by atoms with van der Waals surface area (Å²) in [7, 11) is 0. The van der Waals surface area contributed by atoms with Gasteiger partial charge in [-0.15, -0.1) is 0 Å². The molecule has 0 N–H and O–H groups in total. The highest BCUT2D eigenvalue weighted by Gasteiger charge is 2.47. The second kappa shape index (κ2) is 8.49. The maximum Gasteiger partial charge on any atom is 0.00970 e. The first-order valence-corrected chi connectivity index (χ1v) is 11.6. The van der Waals surface area contributed by atoms with Crippen molar-refractivity contribution < 1.29 is 0 Å². The second-order valence-electron chi connectivity index (χ2n) is 10.5. The highest BCUT2D eigenvalue weighted by Crippen LogP contribution is 2.48. The Hall–Kier alpha value is -0.120. The summed E-state index contributed by atoms with van der Waals surface area (Å²) in [4.78, 5) is 7.93. The predicted molar refractivity (Wildman–Crippen MR) is 113 cm³/mol. The highest BCUT2D eigenvalue weighted by atomic mass is 15.3. The minimum atomic E-state index is 0.692. The van der Waals surface area contributed by atoms with Gasteiger partial charge in [-0.05, 0) is 84.8 Å². The van der Waals surface area contributed by atoms with E-state index in [-0.39, 0.29) is 0 Å². The Morgan fingerprint density at radius 2 is 1.27 bits per heavy atom. The van der Waals surface area contributed by atoms with E-state index in [1.807, 2.05) is 0 Å². The maximum absolute atomic E-state index is 2.65. The van der Waals surface area contributed by atoms with Crippen LogP contribution in [0.4, 0.5) is 0 Å². The number of unbranched alkanes of at least 4 members (excludes halogenated alkanes) is 1. The third-order valence-corrected chi connectivity index (χ3v) is 7.76. The van der Waals surface area contributed by atoms with Crippen molar-refractivity contribution in [3.05, 3.63) is 0 Å². The van der Waals surface area contributed by atoms with Crippen LogP contribution in [-0.4, -0.2) is 72.6 Å². The molecule has 1 aliphatic carbocycles. The van der Waals surface area contributed by atoms with Crippen molar-refractivity contribution in [2.75, 3.05) is 45.8 Å². The Balaban J connectivity index is 0.000000158. The van der Waals surface area contributed by atoms with Gasteiger partial charge in [0.1, 0.15) is 0 Å². The molecule has 4 fully saturated rings. The van der Waals surface area contributed by atoms with Crippen LogP contribution in [0, 0.1) is 10.8 Å². The van der Waals surface area contributed by atoms with Crippen LogP contribution in [0.25, 0.3) is 0 Å². The lowest BCUT2D eigenvalue weighted by molar-refractivity contribution is 0.00564. The van der Waals surface area contributed by atoms with Crippen molar-refractivity contribution >= 4 is 0 Å². The van der Waals surface area contributed by atoms with Crippen LogP contribution in [0.3, 0.4) is 0 Å². The van der Waals surface area contributed by atoms with E-state index in [4.69, 9.17) is 0 Å². The van der Waals surface area contributed by atoms with Crippen molar-refractivity contribution in [2.24, 2.45) is 10.8 Å². The Morgan fingerprint density at radius 3 is 1.65 bits per heavy atom. The van der Waals surface area contributed by atoms with Crippen molar-refractivity contribution in [3.63, 3.8) is 0 Å². The topological polar surface area (TPSA) is 9.72 Å². The number of rotatable bonds is 5. The largest absolute Gasteiger partial charge is 0.302 e. The first-order valence-electron chi connectivity index (χ1n) is 11.6. The zero-order valence-corrected chi connectivity index (χ0v) is 18.4. The summed E-state index contributed by atoms with van der Waals surface area (Å²) in [6, 6.07) is 1.52. The summed E-state index contributed by atoms with van der Waals surface area (Å²) >= 11 is 0. The summed E-state index contributed by atoms with van der Waals surface area (Å²) in [5.74, 6) is 0. The molecule has 3 aliphatic heterocycles. The lowest BCUT2D eigenvalue weighted by Crippen LogP contribution is -2.57. The molecule has 2 spiro atoms. The van der Waals surface area contributed by atoms with E-state index < -0.39 is 0 Å². The number of hydrogen-bond donors (Lipinski definition) is 0. The molecule has 3 nitrogen and oxygen atoms in total. The summed E-state index contributed by atoms with van der Waals surface area (Å²) in [6.07, 6.45) is 10.1. The molecule has 0 aromatic carbocycles. The van der Waals surface area contributed by atoms with Gasteiger partial charge in [-0.25, -0.2) is 0 Å². The lowest BCUT2D eigenvalue weighted by Gasteiger charge is -2.48. The maximum atomic E-state index is 2.65. The normalized spacial score (nSPS) is 27.8. The number of nitrogens with zero attached hydrogens (tertiary/aromatic N) is 3. The standard InChI is InChI=1S/C13H26N2.C10H19N/c1-4-5-7-14-9-13(10-14)6-8-15(11-13)12(2)3;1-9(2)11-7-6-10(8-11)4-3-5-10/h12H,4-11H2,1-3H3;9H,3-8H2,1-2H3. The van der Waals surface area contributed by atoms with Crippen LogP contribution < -0.4 is 0 Å². The second-order valence-corrected chi connectivity index (χ2v) is 10.5. The zero-order chi connectivity index (χ0) is 18.8.